The molecule has 0 unspecified atom stereocenters. The Kier molecular flexibility index (Phi) is 3.40. The first kappa shape index (κ1) is 12.4. The molecule has 0 amide bonds. The Morgan fingerprint density at radius 1 is 1.24 bits per heavy atom. The zero-order chi connectivity index (χ0) is 12.5. The fourth-order valence-electron chi connectivity index (χ4n) is 2.08. The lowest BCUT2D eigenvalue weighted by atomic mass is 10.0. The standard InChI is InChI=1S/C12H18N2O2S/c1-10-6-8-14(9-7-10)17(15,16)12-5-3-2-4-11(12)13/h2-5,10H,6-9,13H2,1H3. The van der Waals surface area contributed by atoms with Gasteiger partial charge in [0.1, 0.15) is 4.90 Å². The third-order valence-electron chi connectivity index (χ3n) is 3.28. The Morgan fingerprint density at radius 3 is 2.41 bits per heavy atom. The molecule has 1 aliphatic heterocycles. The van der Waals surface area contributed by atoms with Gasteiger partial charge in [-0.05, 0) is 30.9 Å². The highest BCUT2D eigenvalue weighted by atomic mass is 32.2. The molecule has 0 aromatic heterocycles. The van der Waals surface area contributed by atoms with Crippen LogP contribution in [0.3, 0.4) is 0 Å². The fraction of sp³-hybridized carbons (Fsp3) is 0.500. The first-order valence-corrected chi connectivity index (χ1v) is 7.30. The molecule has 0 bridgehead atoms. The maximum atomic E-state index is 12.4. The molecule has 0 saturated carbocycles. The van der Waals surface area contributed by atoms with Crippen LogP contribution in [0.15, 0.2) is 29.2 Å². The third-order valence-corrected chi connectivity index (χ3v) is 5.25. The molecular weight excluding hydrogens is 236 g/mol. The number of hydrogen-bond donors (Lipinski definition) is 1. The van der Waals surface area contributed by atoms with Crippen LogP contribution >= 0.6 is 0 Å². The second kappa shape index (κ2) is 4.66. The van der Waals surface area contributed by atoms with Crippen molar-refractivity contribution >= 4 is 15.7 Å². The van der Waals surface area contributed by atoms with Crippen molar-refractivity contribution in [3.63, 3.8) is 0 Å². The summed E-state index contributed by atoms with van der Waals surface area (Å²) in [7, 11) is -3.41. The largest absolute Gasteiger partial charge is 0.398 e. The summed E-state index contributed by atoms with van der Waals surface area (Å²) in [6.45, 7) is 3.34. The number of benzene rings is 1. The van der Waals surface area contributed by atoms with Gasteiger partial charge in [0.25, 0.3) is 0 Å². The highest BCUT2D eigenvalue weighted by Crippen LogP contribution is 2.26. The van der Waals surface area contributed by atoms with Crippen molar-refractivity contribution in [3.05, 3.63) is 24.3 Å². The molecule has 0 radical (unpaired) electrons. The molecule has 17 heavy (non-hydrogen) atoms. The second-order valence-corrected chi connectivity index (χ2v) is 6.53. The molecule has 1 aromatic carbocycles. The van der Waals surface area contributed by atoms with Crippen LogP contribution in [0.1, 0.15) is 19.8 Å². The lowest BCUT2D eigenvalue weighted by Gasteiger charge is -2.29. The summed E-state index contributed by atoms with van der Waals surface area (Å²) in [5, 5.41) is 0. The van der Waals surface area contributed by atoms with Gasteiger partial charge in [0.15, 0.2) is 0 Å². The molecule has 1 saturated heterocycles. The maximum Gasteiger partial charge on any atom is 0.245 e. The predicted octanol–water partition coefficient (Wildman–Crippen LogP) is 1.69. The number of nitrogen functional groups attached to an aromatic ring is 1. The van der Waals surface area contributed by atoms with E-state index >= 15 is 0 Å². The Morgan fingerprint density at radius 2 is 1.82 bits per heavy atom. The molecular formula is C12H18N2O2S. The third kappa shape index (κ3) is 2.45. The summed E-state index contributed by atoms with van der Waals surface area (Å²) in [6.07, 6.45) is 1.85. The summed E-state index contributed by atoms with van der Waals surface area (Å²) in [5.74, 6) is 0.606. The topological polar surface area (TPSA) is 63.4 Å². The number of piperidine rings is 1. The average Bonchev–Trinajstić information content (AvgIpc) is 2.30. The lowest BCUT2D eigenvalue weighted by molar-refractivity contribution is 0.288. The number of nitrogens with two attached hydrogens (primary N) is 1. The normalized spacial score (nSPS) is 19.4. The highest BCUT2D eigenvalue weighted by Gasteiger charge is 2.29. The van der Waals surface area contributed by atoms with Gasteiger partial charge < -0.3 is 5.73 Å². The van der Waals surface area contributed by atoms with Crippen molar-refractivity contribution in [1.82, 2.24) is 4.31 Å². The summed E-state index contributed by atoms with van der Waals surface area (Å²) < 4.78 is 26.3. The van der Waals surface area contributed by atoms with Crippen LogP contribution in [0.2, 0.25) is 0 Å². The molecule has 1 heterocycles. The maximum absolute atomic E-state index is 12.4. The van der Waals surface area contributed by atoms with Gasteiger partial charge >= 0.3 is 0 Å². The molecule has 0 atom stereocenters. The van der Waals surface area contributed by atoms with Crippen LogP contribution in [0.25, 0.3) is 0 Å². The van der Waals surface area contributed by atoms with E-state index in [2.05, 4.69) is 6.92 Å². The summed E-state index contributed by atoms with van der Waals surface area (Å²) in [5.41, 5.74) is 6.06. The van der Waals surface area contributed by atoms with Crippen molar-refractivity contribution in [3.8, 4) is 0 Å². The Bertz CT molecular complexity index is 491. The van der Waals surface area contributed by atoms with Crippen LogP contribution in [-0.4, -0.2) is 25.8 Å². The minimum absolute atomic E-state index is 0.231. The number of anilines is 1. The molecule has 1 aromatic rings. The van der Waals surface area contributed by atoms with E-state index < -0.39 is 10.0 Å². The van der Waals surface area contributed by atoms with Crippen LogP contribution in [-0.2, 0) is 10.0 Å². The number of hydrogen-bond acceptors (Lipinski definition) is 3. The van der Waals surface area contributed by atoms with Gasteiger partial charge in [-0.3, -0.25) is 0 Å². The monoisotopic (exact) mass is 254 g/mol. The van der Waals surface area contributed by atoms with Crippen molar-refractivity contribution in [1.29, 1.82) is 0 Å². The zero-order valence-corrected chi connectivity index (χ0v) is 10.8. The van der Waals surface area contributed by atoms with Crippen LogP contribution in [0.5, 0.6) is 0 Å². The van der Waals surface area contributed by atoms with E-state index in [0.717, 1.165) is 12.8 Å². The summed E-state index contributed by atoms with van der Waals surface area (Å²) in [4.78, 5) is 0.231. The van der Waals surface area contributed by atoms with E-state index in [9.17, 15) is 8.42 Å². The van der Waals surface area contributed by atoms with Crippen molar-refractivity contribution in [2.24, 2.45) is 5.92 Å². The molecule has 94 valence electrons. The molecule has 2 N–H and O–H groups in total. The average molecular weight is 254 g/mol. The first-order chi connectivity index (χ1) is 8.01. The van der Waals surface area contributed by atoms with Gasteiger partial charge in [-0.2, -0.15) is 4.31 Å². The molecule has 1 aliphatic rings. The molecule has 1 fully saturated rings. The smallest absolute Gasteiger partial charge is 0.245 e. The van der Waals surface area contributed by atoms with Crippen molar-refractivity contribution < 1.29 is 8.42 Å². The van der Waals surface area contributed by atoms with Crippen molar-refractivity contribution in [2.45, 2.75) is 24.7 Å². The first-order valence-electron chi connectivity index (χ1n) is 5.86. The summed E-state index contributed by atoms with van der Waals surface area (Å²) in [6, 6.07) is 6.64. The SMILES string of the molecule is CC1CCN(S(=O)(=O)c2ccccc2N)CC1. The number of para-hydroxylation sites is 1. The van der Waals surface area contributed by atoms with Gasteiger partial charge in [0.05, 0.1) is 5.69 Å². The van der Waals surface area contributed by atoms with E-state index in [0.29, 0.717) is 24.7 Å². The van der Waals surface area contributed by atoms with Gasteiger partial charge in [-0.25, -0.2) is 8.42 Å². The molecule has 0 aliphatic carbocycles. The molecule has 0 spiro atoms. The van der Waals surface area contributed by atoms with Crippen LogP contribution < -0.4 is 5.73 Å². The summed E-state index contributed by atoms with van der Waals surface area (Å²) >= 11 is 0. The van der Waals surface area contributed by atoms with E-state index in [1.165, 1.54) is 0 Å². The predicted molar refractivity (Wildman–Crippen MR) is 68.0 cm³/mol. The van der Waals surface area contributed by atoms with Crippen LogP contribution in [0, 0.1) is 5.92 Å². The number of sulfonamides is 1. The van der Waals surface area contributed by atoms with Gasteiger partial charge in [-0.15, -0.1) is 0 Å². The Labute approximate surface area is 102 Å². The molecule has 4 nitrogen and oxygen atoms in total. The fourth-order valence-corrected chi connectivity index (χ4v) is 3.67. The van der Waals surface area contributed by atoms with E-state index in [4.69, 9.17) is 5.73 Å². The second-order valence-electron chi connectivity index (χ2n) is 4.62. The Hall–Kier alpha value is -1.07. The minimum Gasteiger partial charge on any atom is -0.398 e. The van der Waals surface area contributed by atoms with E-state index in [1.807, 2.05) is 0 Å². The number of rotatable bonds is 2. The minimum atomic E-state index is -3.41. The van der Waals surface area contributed by atoms with Crippen LogP contribution in [0.4, 0.5) is 5.69 Å². The van der Waals surface area contributed by atoms with Gasteiger partial charge in [0, 0.05) is 13.1 Å². The quantitative estimate of drug-likeness (QED) is 0.817. The molecule has 2 rings (SSSR count). The number of nitrogens with zero attached hydrogens (tertiary/aromatic N) is 1. The van der Waals surface area contributed by atoms with E-state index in [-0.39, 0.29) is 4.90 Å². The van der Waals surface area contributed by atoms with Gasteiger partial charge in [-0.1, -0.05) is 19.1 Å². The van der Waals surface area contributed by atoms with E-state index in [1.54, 1.807) is 28.6 Å². The lowest BCUT2D eigenvalue weighted by Crippen LogP contribution is -2.38. The highest BCUT2D eigenvalue weighted by molar-refractivity contribution is 7.89. The Balaban J connectivity index is 2.28. The van der Waals surface area contributed by atoms with Gasteiger partial charge in [0.2, 0.25) is 10.0 Å². The zero-order valence-electron chi connectivity index (χ0n) is 9.96. The van der Waals surface area contributed by atoms with Crippen molar-refractivity contribution in [2.75, 3.05) is 18.8 Å². The molecule has 5 heteroatoms.